The lowest BCUT2D eigenvalue weighted by molar-refractivity contribution is -0.137. The molecule has 0 radical (unpaired) electrons. The first-order valence-electron chi connectivity index (χ1n) is 6.34. The van der Waals surface area contributed by atoms with Crippen LogP contribution in [0.5, 0.6) is 0 Å². The number of primary amides is 1. The molecular formula is C12H20N2O3. The summed E-state index contributed by atoms with van der Waals surface area (Å²) in [5.74, 6) is 0.273. The first-order valence-corrected chi connectivity index (χ1v) is 6.34. The average molecular weight is 240 g/mol. The maximum absolute atomic E-state index is 11.7. The van der Waals surface area contributed by atoms with Crippen LogP contribution in [0.25, 0.3) is 0 Å². The van der Waals surface area contributed by atoms with Gasteiger partial charge in [-0.05, 0) is 24.7 Å². The lowest BCUT2D eigenvalue weighted by Crippen LogP contribution is -2.60. The van der Waals surface area contributed by atoms with E-state index in [0.29, 0.717) is 19.7 Å². The van der Waals surface area contributed by atoms with Crippen LogP contribution in [-0.2, 0) is 9.53 Å². The number of carbonyl (C=O) groups excluding carboxylic acids is 2. The number of ether oxygens (including phenoxy) is 1. The Kier molecular flexibility index (Phi) is 3.54. The molecule has 17 heavy (non-hydrogen) atoms. The summed E-state index contributed by atoms with van der Waals surface area (Å²) in [6.45, 7) is 3.78. The highest BCUT2D eigenvalue weighted by Gasteiger charge is 2.50. The minimum Gasteiger partial charge on any atom is -0.449 e. The van der Waals surface area contributed by atoms with E-state index in [2.05, 4.69) is 6.92 Å². The van der Waals surface area contributed by atoms with Crippen LogP contribution in [0.3, 0.4) is 0 Å². The molecule has 96 valence electrons. The molecule has 3 rings (SSSR count). The molecule has 0 aromatic rings. The van der Waals surface area contributed by atoms with Crippen molar-refractivity contribution in [1.82, 2.24) is 4.90 Å². The van der Waals surface area contributed by atoms with Gasteiger partial charge in [0, 0.05) is 19.0 Å². The van der Waals surface area contributed by atoms with Gasteiger partial charge in [0.2, 0.25) is 5.91 Å². The number of nitrogens with zero attached hydrogens (tertiary/aromatic N) is 1. The van der Waals surface area contributed by atoms with Crippen molar-refractivity contribution in [2.45, 2.75) is 26.2 Å². The fourth-order valence-corrected chi connectivity index (χ4v) is 2.90. The molecule has 1 saturated carbocycles. The summed E-state index contributed by atoms with van der Waals surface area (Å²) < 4.78 is 5.16. The average Bonchev–Trinajstić information content (AvgIpc) is 2.28. The zero-order chi connectivity index (χ0) is 12.4. The fourth-order valence-electron chi connectivity index (χ4n) is 2.90. The van der Waals surface area contributed by atoms with Crippen molar-refractivity contribution in [3.05, 3.63) is 0 Å². The molecular weight excluding hydrogens is 220 g/mol. The molecule has 0 aromatic carbocycles. The molecule has 2 aliphatic heterocycles. The zero-order valence-corrected chi connectivity index (χ0v) is 10.2. The van der Waals surface area contributed by atoms with Crippen molar-refractivity contribution in [3.8, 4) is 0 Å². The summed E-state index contributed by atoms with van der Waals surface area (Å²) in [6.07, 6.45) is 2.70. The van der Waals surface area contributed by atoms with Gasteiger partial charge < -0.3 is 15.4 Å². The number of hydrogen-bond donors (Lipinski definition) is 1. The van der Waals surface area contributed by atoms with Crippen molar-refractivity contribution in [3.63, 3.8) is 0 Å². The smallest absolute Gasteiger partial charge is 0.409 e. The van der Waals surface area contributed by atoms with Gasteiger partial charge in [-0.3, -0.25) is 4.79 Å². The van der Waals surface area contributed by atoms with E-state index in [-0.39, 0.29) is 29.8 Å². The first-order chi connectivity index (χ1) is 8.13. The highest BCUT2D eigenvalue weighted by Crippen LogP contribution is 2.45. The molecule has 2 N–H and O–H groups in total. The van der Waals surface area contributed by atoms with Crippen LogP contribution >= 0.6 is 0 Å². The van der Waals surface area contributed by atoms with Crippen LogP contribution in [0.4, 0.5) is 4.79 Å². The number of carbonyl (C=O) groups is 2. The Hall–Kier alpha value is -1.26. The Labute approximate surface area is 101 Å². The molecule has 1 aliphatic carbocycles. The molecule has 5 heteroatoms. The van der Waals surface area contributed by atoms with Gasteiger partial charge in [-0.1, -0.05) is 13.3 Å². The summed E-state index contributed by atoms with van der Waals surface area (Å²) in [6, 6.07) is 0. The molecule has 0 aromatic heterocycles. The van der Waals surface area contributed by atoms with Crippen LogP contribution in [-0.4, -0.2) is 36.6 Å². The topological polar surface area (TPSA) is 72.6 Å². The molecule has 3 fully saturated rings. The van der Waals surface area contributed by atoms with E-state index in [4.69, 9.17) is 10.5 Å². The van der Waals surface area contributed by atoms with Gasteiger partial charge in [0.05, 0.1) is 6.61 Å². The van der Waals surface area contributed by atoms with Crippen LogP contribution in [0.1, 0.15) is 26.2 Å². The minimum atomic E-state index is -0.240. The molecule has 3 aliphatic rings. The number of nitrogens with two attached hydrogens (primary N) is 1. The van der Waals surface area contributed by atoms with Crippen LogP contribution in [0, 0.1) is 17.8 Å². The zero-order valence-electron chi connectivity index (χ0n) is 10.2. The molecule has 2 bridgehead atoms. The molecule has 2 atom stereocenters. The van der Waals surface area contributed by atoms with E-state index in [1.807, 2.05) is 0 Å². The largest absolute Gasteiger partial charge is 0.449 e. The quantitative estimate of drug-likeness (QED) is 0.744. The number of amides is 2. The maximum Gasteiger partial charge on any atom is 0.409 e. The summed E-state index contributed by atoms with van der Waals surface area (Å²) in [7, 11) is 0. The van der Waals surface area contributed by atoms with Crippen molar-refractivity contribution in [2.75, 3.05) is 19.7 Å². The van der Waals surface area contributed by atoms with Crippen molar-refractivity contribution in [1.29, 1.82) is 0 Å². The third-order valence-corrected chi connectivity index (χ3v) is 3.84. The van der Waals surface area contributed by atoms with Gasteiger partial charge in [0.15, 0.2) is 0 Å². The van der Waals surface area contributed by atoms with E-state index < -0.39 is 0 Å². The molecule has 2 saturated heterocycles. The highest BCUT2D eigenvalue weighted by molar-refractivity contribution is 5.79. The first kappa shape index (κ1) is 12.2. The SMILES string of the molecule is CCCCOC(=O)N1C[C@H]2C[C@H](C1)C2C(N)=O. The van der Waals surface area contributed by atoms with E-state index in [0.717, 1.165) is 19.3 Å². The summed E-state index contributed by atoms with van der Waals surface area (Å²) in [5, 5.41) is 0. The highest BCUT2D eigenvalue weighted by atomic mass is 16.6. The predicted molar refractivity (Wildman–Crippen MR) is 62.1 cm³/mol. The Balaban J connectivity index is 1.79. The minimum absolute atomic E-state index is 0.0188. The Morgan fingerprint density at radius 2 is 2.00 bits per heavy atom. The number of hydrogen-bond acceptors (Lipinski definition) is 3. The van der Waals surface area contributed by atoms with E-state index >= 15 is 0 Å². The number of unbranched alkanes of at least 4 members (excludes halogenated alkanes) is 1. The summed E-state index contributed by atoms with van der Waals surface area (Å²) >= 11 is 0. The number of rotatable bonds is 4. The molecule has 2 heterocycles. The second-order valence-electron chi connectivity index (χ2n) is 5.06. The second kappa shape index (κ2) is 4.94. The van der Waals surface area contributed by atoms with Gasteiger partial charge in [-0.25, -0.2) is 4.79 Å². The van der Waals surface area contributed by atoms with Gasteiger partial charge in [-0.2, -0.15) is 0 Å². The van der Waals surface area contributed by atoms with Gasteiger partial charge in [0.25, 0.3) is 0 Å². The molecule has 0 spiro atoms. The normalized spacial score (nSPS) is 30.6. The van der Waals surface area contributed by atoms with Crippen molar-refractivity contribution >= 4 is 12.0 Å². The molecule has 0 unspecified atom stereocenters. The Morgan fingerprint density at radius 1 is 1.35 bits per heavy atom. The summed E-state index contributed by atoms with van der Waals surface area (Å²) in [4.78, 5) is 24.6. The third kappa shape index (κ3) is 2.37. The third-order valence-electron chi connectivity index (χ3n) is 3.84. The fraction of sp³-hybridized carbons (Fsp3) is 0.833. The van der Waals surface area contributed by atoms with Crippen molar-refractivity contribution in [2.24, 2.45) is 23.5 Å². The van der Waals surface area contributed by atoms with Crippen molar-refractivity contribution < 1.29 is 14.3 Å². The van der Waals surface area contributed by atoms with Crippen LogP contribution in [0.2, 0.25) is 0 Å². The standard InChI is InChI=1S/C12H20N2O3/c1-2-3-4-17-12(16)14-6-8-5-9(7-14)10(8)11(13)15/h8-10H,2-7H2,1H3,(H2,13,15)/t8-,9-/m1/s1. The lowest BCUT2D eigenvalue weighted by atomic mass is 9.61. The van der Waals surface area contributed by atoms with E-state index in [9.17, 15) is 9.59 Å². The van der Waals surface area contributed by atoms with Crippen LogP contribution in [0.15, 0.2) is 0 Å². The van der Waals surface area contributed by atoms with Gasteiger partial charge in [0.1, 0.15) is 0 Å². The monoisotopic (exact) mass is 240 g/mol. The second-order valence-corrected chi connectivity index (χ2v) is 5.06. The van der Waals surface area contributed by atoms with Crippen LogP contribution < -0.4 is 5.73 Å². The van der Waals surface area contributed by atoms with Gasteiger partial charge in [-0.15, -0.1) is 0 Å². The lowest BCUT2D eigenvalue weighted by Gasteiger charge is -2.51. The molecule has 5 nitrogen and oxygen atoms in total. The summed E-state index contributed by atoms with van der Waals surface area (Å²) in [5.41, 5.74) is 5.33. The Morgan fingerprint density at radius 3 is 2.53 bits per heavy atom. The Bertz CT molecular complexity index is 307. The number of fused-ring (bicyclic) bond motifs is 2. The maximum atomic E-state index is 11.7. The predicted octanol–water partition coefficient (Wildman–Crippen LogP) is 0.976. The van der Waals surface area contributed by atoms with E-state index in [1.54, 1.807) is 4.90 Å². The number of piperidine rings is 2. The molecule has 2 amide bonds. The van der Waals surface area contributed by atoms with E-state index in [1.165, 1.54) is 0 Å². The van der Waals surface area contributed by atoms with Gasteiger partial charge >= 0.3 is 6.09 Å².